The fourth-order valence-corrected chi connectivity index (χ4v) is 3.00. The molecule has 2 heterocycles. The molecule has 1 aromatic rings. The Morgan fingerprint density at radius 1 is 1.53 bits per heavy atom. The number of piperazine rings is 1. The first-order valence-corrected chi connectivity index (χ1v) is 6.62. The van der Waals surface area contributed by atoms with Crippen LogP contribution in [0.1, 0.15) is 25.5 Å². The maximum Gasteiger partial charge on any atom is 0.0764 e. The number of aromatic nitrogens is 2. The van der Waals surface area contributed by atoms with Gasteiger partial charge in [-0.25, -0.2) is 0 Å². The van der Waals surface area contributed by atoms with Gasteiger partial charge in [0, 0.05) is 45.0 Å². The van der Waals surface area contributed by atoms with Crippen LogP contribution in [0.4, 0.5) is 0 Å². The monoisotopic (exact) mass is 234 g/mol. The predicted octanol–water partition coefficient (Wildman–Crippen LogP) is 0.994. The molecular weight excluding hydrogens is 212 g/mol. The highest BCUT2D eigenvalue weighted by Gasteiger charge is 2.43. The topological polar surface area (TPSA) is 33.1 Å². The van der Waals surface area contributed by atoms with Crippen molar-refractivity contribution >= 4 is 0 Å². The molecule has 94 valence electrons. The molecule has 0 amide bonds. The van der Waals surface area contributed by atoms with Crippen molar-refractivity contribution in [2.24, 2.45) is 13.0 Å². The number of nitrogens with zero attached hydrogens (tertiary/aromatic N) is 3. The standard InChI is InChI=1S/C13H22N4/c1-13(11-3-4-11)10-17(8-6-14-13)9-12-5-7-16(2)15-12/h5,7,11,14H,3-4,6,8-10H2,1-2H3. The summed E-state index contributed by atoms with van der Waals surface area (Å²) in [5.74, 6) is 0.897. The van der Waals surface area contributed by atoms with Crippen LogP contribution in [-0.4, -0.2) is 39.9 Å². The lowest BCUT2D eigenvalue weighted by molar-refractivity contribution is 0.120. The van der Waals surface area contributed by atoms with Gasteiger partial charge in [0.15, 0.2) is 0 Å². The third kappa shape index (κ3) is 2.38. The lowest BCUT2D eigenvalue weighted by Gasteiger charge is -2.41. The zero-order valence-electron chi connectivity index (χ0n) is 10.8. The Labute approximate surface area is 103 Å². The molecule has 0 bridgehead atoms. The van der Waals surface area contributed by atoms with Gasteiger partial charge in [0.25, 0.3) is 0 Å². The highest BCUT2D eigenvalue weighted by Crippen LogP contribution is 2.40. The number of aryl methyl sites for hydroxylation is 1. The zero-order chi connectivity index (χ0) is 11.9. The molecule has 1 aliphatic carbocycles. The SMILES string of the molecule is Cn1ccc(CN2CCNC(C)(C3CC3)C2)n1. The van der Waals surface area contributed by atoms with E-state index < -0.39 is 0 Å². The van der Waals surface area contributed by atoms with Crippen LogP contribution in [0.5, 0.6) is 0 Å². The van der Waals surface area contributed by atoms with Gasteiger partial charge in [-0.3, -0.25) is 9.58 Å². The molecule has 1 atom stereocenters. The Morgan fingerprint density at radius 3 is 3.00 bits per heavy atom. The van der Waals surface area contributed by atoms with Crippen LogP contribution >= 0.6 is 0 Å². The summed E-state index contributed by atoms with van der Waals surface area (Å²) in [6.45, 7) is 6.78. The molecule has 0 spiro atoms. The molecular formula is C13H22N4. The Bertz CT molecular complexity index is 396. The van der Waals surface area contributed by atoms with Crippen molar-refractivity contribution in [2.75, 3.05) is 19.6 Å². The minimum absolute atomic E-state index is 0.340. The van der Waals surface area contributed by atoms with Crippen LogP contribution in [0.25, 0.3) is 0 Å². The summed E-state index contributed by atoms with van der Waals surface area (Å²) in [6, 6.07) is 2.12. The van der Waals surface area contributed by atoms with Gasteiger partial charge in [0.2, 0.25) is 0 Å². The van der Waals surface area contributed by atoms with Gasteiger partial charge in [0.1, 0.15) is 0 Å². The van der Waals surface area contributed by atoms with Crippen LogP contribution in [0.15, 0.2) is 12.3 Å². The molecule has 3 rings (SSSR count). The first kappa shape index (κ1) is 11.2. The van der Waals surface area contributed by atoms with Crippen LogP contribution in [0.3, 0.4) is 0 Å². The van der Waals surface area contributed by atoms with Crippen LogP contribution < -0.4 is 5.32 Å². The highest BCUT2D eigenvalue weighted by molar-refractivity contribution is 5.04. The van der Waals surface area contributed by atoms with Gasteiger partial charge >= 0.3 is 0 Å². The van der Waals surface area contributed by atoms with E-state index in [1.807, 2.05) is 17.9 Å². The first-order chi connectivity index (χ1) is 8.16. The van der Waals surface area contributed by atoms with E-state index in [2.05, 4.69) is 28.3 Å². The van der Waals surface area contributed by atoms with Gasteiger partial charge in [-0.15, -0.1) is 0 Å². The van der Waals surface area contributed by atoms with Crippen molar-refractivity contribution in [3.05, 3.63) is 18.0 Å². The number of hydrogen-bond acceptors (Lipinski definition) is 3. The van der Waals surface area contributed by atoms with Gasteiger partial charge in [-0.1, -0.05) is 0 Å². The molecule has 0 aromatic carbocycles. The minimum Gasteiger partial charge on any atom is -0.309 e. The van der Waals surface area contributed by atoms with E-state index in [0.29, 0.717) is 5.54 Å². The molecule has 1 saturated carbocycles. The number of rotatable bonds is 3. The van der Waals surface area contributed by atoms with E-state index in [0.717, 1.165) is 32.1 Å². The molecule has 2 fully saturated rings. The summed E-state index contributed by atoms with van der Waals surface area (Å²) < 4.78 is 1.89. The van der Waals surface area contributed by atoms with E-state index in [1.54, 1.807) is 0 Å². The van der Waals surface area contributed by atoms with Gasteiger partial charge in [-0.05, 0) is 31.7 Å². The average molecular weight is 234 g/mol. The molecule has 17 heavy (non-hydrogen) atoms. The second kappa shape index (κ2) is 4.10. The molecule has 1 saturated heterocycles. The van der Waals surface area contributed by atoms with Crippen molar-refractivity contribution in [2.45, 2.75) is 31.8 Å². The Kier molecular flexibility index (Phi) is 2.71. The summed E-state index contributed by atoms with van der Waals surface area (Å²) in [5, 5.41) is 8.18. The smallest absolute Gasteiger partial charge is 0.0764 e. The first-order valence-electron chi connectivity index (χ1n) is 6.62. The van der Waals surface area contributed by atoms with E-state index in [4.69, 9.17) is 0 Å². The Hall–Kier alpha value is -0.870. The largest absolute Gasteiger partial charge is 0.309 e. The van der Waals surface area contributed by atoms with E-state index in [-0.39, 0.29) is 0 Å². The number of hydrogen-bond donors (Lipinski definition) is 1. The van der Waals surface area contributed by atoms with Crippen molar-refractivity contribution in [1.29, 1.82) is 0 Å². The normalized spacial score (nSPS) is 30.7. The fraction of sp³-hybridized carbons (Fsp3) is 0.769. The molecule has 1 aromatic heterocycles. The highest BCUT2D eigenvalue weighted by atomic mass is 15.3. The van der Waals surface area contributed by atoms with Crippen LogP contribution in [0.2, 0.25) is 0 Å². The number of nitrogens with one attached hydrogen (secondary N) is 1. The zero-order valence-corrected chi connectivity index (χ0v) is 10.8. The van der Waals surface area contributed by atoms with Crippen molar-refractivity contribution in [3.63, 3.8) is 0 Å². The lowest BCUT2D eigenvalue weighted by Crippen LogP contribution is -2.59. The van der Waals surface area contributed by atoms with Gasteiger partial charge in [-0.2, -0.15) is 5.10 Å². The summed E-state index contributed by atoms with van der Waals surface area (Å²) in [5.41, 5.74) is 1.53. The molecule has 4 nitrogen and oxygen atoms in total. The molecule has 2 aliphatic rings. The van der Waals surface area contributed by atoms with Crippen molar-refractivity contribution < 1.29 is 0 Å². The van der Waals surface area contributed by atoms with E-state index in [1.165, 1.54) is 18.5 Å². The summed E-state index contributed by atoms with van der Waals surface area (Å²) in [4.78, 5) is 2.54. The quantitative estimate of drug-likeness (QED) is 0.847. The molecule has 4 heteroatoms. The van der Waals surface area contributed by atoms with E-state index >= 15 is 0 Å². The third-order valence-corrected chi connectivity index (χ3v) is 4.14. The second-order valence-electron chi connectivity index (χ2n) is 5.81. The Morgan fingerprint density at radius 2 is 2.35 bits per heavy atom. The maximum atomic E-state index is 4.47. The Balaban J connectivity index is 1.63. The third-order valence-electron chi connectivity index (χ3n) is 4.14. The molecule has 1 N–H and O–H groups in total. The summed E-state index contributed by atoms with van der Waals surface area (Å²) >= 11 is 0. The second-order valence-corrected chi connectivity index (χ2v) is 5.81. The van der Waals surface area contributed by atoms with Crippen molar-refractivity contribution in [3.8, 4) is 0 Å². The molecule has 1 unspecified atom stereocenters. The van der Waals surface area contributed by atoms with Crippen LogP contribution in [-0.2, 0) is 13.6 Å². The average Bonchev–Trinajstić information content (AvgIpc) is 3.05. The lowest BCUT2D eigenvalue weighted by atomic mass is 9.93. The van der Waals surface area contributed by atoms with Crippen molar-refractivity contribution in [1.82, 2.24) is 20.0 Å². The molecule has 0 radical (unpaired) electrons. The van der Waals surface area contributed by atoms with Gasteiger partial charge < -0.3 is 5.32 Å². The summed E-state index contributed by atoms with van der Waals surface area (Å²) in [6.07, 6.45) is 4.83. The summed E-state index contributed by atoms with van der Waals surface area (Å²) in [7, 11) is 1.98. The van der Waals surface area contributed by atoms with Gasteiger partial charge in [0.05, 0.1) is 5.69 Å². The van der Waals surface area contributed by atoms with E-state index in [9.17, 15) is 0 Å². The van der Waals surface area contributed by atoms with Crippen LogP contribution in [0, 0.1) is 5.92 Å². The fourth-order valence-electron chi connectivity index (χ4n) is 3.00. The molecule has 1 aliphatic heterocycles. The predicted molar refractivity (Wildman–Crippen MR) is 67.6 cm³/mol. The maximum absolute atomic E-state index is 4.47. The minimum atomic E-state index is 0.340.